The van der Waals surface area contributed by atoms with Gasteiger partial charge in [0.05, 0.1) is 29.2 Å². The molecule has 1 amide bonds. The van der Waals surface area contributed by atoms with E-state index in [0.29, 0.717) is 28.2 Å². The summed E-state index contributed by atoms with van der Waals surface area (Å²) < 4.78 is 14.4. The predicted molar refractivity (Wildman–Crippen MR) is 110 cm³/mol. The second kappa shape index (κ2) is 7.67. The molecule has 2 aromatic carbocycles. The zero-order valence-corrected chi connectivity index (χ0v) is 16.9. The molecular weight excluding hydrogens is 420 g/mol. The van der Waals surface area contributed by atoms with Crippen LogP contribution in [0.5, 0.6) is 0 Å². The smallest absolute Gasteiger partial charge is 0.229 e. The highest BCUT2D eigenvalue weighted by molar-refractivity contribution is 8.03. The summed E-state index contributed by atoms with van der Waals surface area (Å²) in [6.45, 7) is 0.325. The summed E-state index contributed by atoms with van der Waals surface area (Å²) in [4.78, 5) is 16.5. The lowest BCUT2D eigenvalue weighted by Crippen LogP contribution is -2.47. The van der Waals surface area contributed by atoms with Crippen LogP contribution in [0.2, 0.25) is 10.0 Å². The molecule has 0 aromatic heterocycles. The minimum atomic E-state index is -0.674. The number of anilines is 1. The second-order valence-electron chi connectivity index (χ2n) is 6.48. The molecule has 1 atom stereocenters. The molecule has 0 N–H and O–H groups in total. The Morgan fingerprint density at radius 1 is 1.18 bits per heavy atom. The Morgan fingerprint density at radius 2 is 1.93 bits per heavy atom. The van der Waals surface area contributed by atoms with Crippen LogP contribution >= 0.6 is 35.0 Å². The number of rotatable bonds is 2. The zero-order valence-electron chi connectivity index (χ0n) is 14.5. The highest BCUT2D eigenvalue weighted by Gasteiger charge is 2.39. The molecule has 142 valence electrons. The first-order valence-electron chi connectivity index (χ1n) is 8.51. The van der Waals surface area contributed by atoms with Crippen molar-refractivity contribution in [2.45, 2.75) is 12.3 Å². The Morgan fingerprint density at radius 3 is 2.61 bits per heavy atom. The average molecular weight is 434 g/mol. The summed E-state index contributed by atoms with van der Waals surface area (Å²) >= 11 is 13.5. The molecule has 2 aliphatic heterocycles. The predicted octanol–water partition coefficient (Wildman–Crippen LogP) is 5.35. The molecule has 2 aromatic rings. The SMILES string of the molecule is N#CC1=C2SCN(c3ccc(Cl)cc3)CN2C(=O)CC1c1c(F)cccc1Cl. The van der Waals surface area contributed by atoms with E-state index in [1.807, 2.05) is 17.0 Å². The van der Waals surface area contributed by atoms with Crippen molar-refractivity contribution in [3.05, 3.63) is 74.5 Å². The monoisotopic (exact) mass is 433 g/mol. The lowest BCUT2D eigenvalue weighted by molar-refractivity contribution is -0.129. The number of halogens is 3. The Balaban J connectivity index is 1.70. The first-order valence-corrected chi connectivity index (χ1v) is 10.3. The summed E-state index contributed by atoms with van der Waals surface area (Å²) in [6.07, 6.45) is 0.00205. The van der Waals surface area contributed by atoms with Crippen molar-refractivity contribution >= 4 is 46.6 Å². The number of amides is 1. The molecule has 1 saturated heterocycles. The van der Waals surface area contributed by atoms with Crippen LogP contribution < -0.4 is 4.90 Å². The van der Waals surface area contributed by atoms with E-state index in [0.717, 1.165) is 5.69 Å². The van der Waals surface area contributed by atoms with Crippen LogP contribution in [0.15, 0.2) is 53.1 Å². The van der Waals surface area contributed by atoms with E-state index < -0.39 is 11.7 Å². The van der Waals surface area contributed by atoms with Crippen molar-refractivity contribution in [3.8, 4) is 6.07 Å². The summed E-state index contributed by atoms with van der Waals surface area (Å²) in [6, 6.07) is 13.9. The third-order valence-electron chi connectivity index (χ3n) is 4.83. The highest BCUT2D eigenvalue weighted by Crippen LogP contribution is 2.45. The fourth-order valence-electron chi connectivity index (χ4n) is 3.47. The minimum Gasteiger partial charge on any atom is -0.344 e. The number of carbonyl (C=O) groups excluding carboxylic acids is 1. The molecule has 0 radical (unpaired) electrons. The number of nitriles is 1. The second-order valence-corrected chi connectivity index (χ2v) is 8.25. The first kappa shape index (κ1) is 19.1. The Bertz CT molecular complexity index is 999. The van der Waals surface area contributed by atoms with Crippen molar-refractivity contribution in [2.24, 2.45) is 0 Å². The summed E-state index contributed by atoms with van der Waals surface area (Å²) in [5.74, 6) is -0.781. The lowest BCUT2D eigenvalue weighted by Gasteiger charge is -2.42. The van der Waals surface area contributed by atoms with Gasteiger partial charge in [0, 0.05) is 33.6 Å². The Kier molecular flexibility index (Phi) is 5.24. The Hall–Kier alpha value is -2.20. The molecule has 0 bridgehead atoms. The normalized spacial score (nSPS) is 19.5. The van der Waals surface area contributed by atoms with Crippen LogP contribution in [0.3, 0.4) is 0 Å². The number of benzene rings is 2. The maximum atomic E-state index is 14.4. The van der Waals surface area contributed by atoms with Gasteiger partial charge in [0.2, 0.25) is 5.91 Å². The third kappa shape index (κ3) is 3.35. The number of thioether (sulfide) groups is 1. The maximum absolute atomic E-state index is 14.4. The van der Waals surface area contributed by atoms with Gasteiger partial charge in [0.1, 0.15) is 5.82 Å². The quantitative estimate of drug-likeness (QED) is 0.639. The lowest BCUT2D eigenvalue weighted by atomic mass is 9.86. The minimum absolute atomic E-state index is 0.00205. The van der Waals surface area contributed by atoms with Gasteiger partial charge >= 0.3 is 0 Å². The molecule has 2 aliphatic rings. The molecule has 2 heterocycles. The van der Waals surface area contributed by atoms with E-state index >= 15 is 0 Å². The summed E-state index contributed by atoms with van der Waals surface area (Å²) in [5, 5.41) is 11.2. The molecule has 0 aliphatic carbocycles. The van der Waals surface area contributed by atoms with E-state index in [1.165, 1.54) is 23.9 Å². The van der Waals surface area contributed by atoms with Crippen molar-refractivity contribution in [1.29, 1.82) is 5.26 Å². The summed E-state index contributed by atoms with van der Waals surface area (Å²) in [7, 11) is 0. The van der Waals surface area contributed by atoms with Gasteiger partial charge < -0.3 is 4.90 Å². The van der Waals surface area contributed by atoms with Crippen LogP contribution in [0.4, 0.5) is 10.1 Å². The van der Waals surface area contributed by atoms with E-state index in [1.54, 1.807) is 23.1 Å². The number of allylic oxidation sites excluding steroid dienone is 1. The van der Waals surface area contributed by atoms with Crippen molar-refractivity contribution in [3.63, 3.8) is 0 Å². The van der Waals surface area contributed by atoms with Crippen LogP contribution in [-0.4, -0.2) is 23.4 Å². The molecule has 8 heteroatoms. The van der Waals surface area contributed by atoms with Gasteiger partial charge in [-0.3, -0.25) is 9.69 Å². The summed E-state index contributed by atoms with van der Waals surface area (Å²) in [5.41, 5.74) is 1.52. The third-order valence-corrected chi connectivity index (χ3v) is 6.57. The highest BCUT2D eigenvalue weighted by atomic mass is 35.5. The molecule has 1 unspecified atom stereocenters. The molecule has 1 fully saturated rings. The van der Waals surface area contributed by atoms with Crippen molar-refractivity contribution < 1.29 is 9.18 Å². The number of carbonyl (C=O) groups is 1. The number of hydrogen-bond donors (Lipinski definition) is 0. The molecule has 4 nitrogen and oxygen atoms in total. The number of fused-ring (bicyclic) bond motifs is 1. The number of hydrogen-bond acceptors (Lipinski definition) is 4. The first-order chi connectivity index (χ1) is 13.5. The molecule has 28 heavy (non-hydrogen) atoms. The van der Waals surface area contributed by atoms with Gasteiger partial charge in [-0.2, -0.15) is 5.26 Å². The van der Waals surface area contributed by atoms with Gasteiger partial charge in [-0.25, -0.2) is 4.39 Å². The van der Waals surface area contributed by atoms with Gasteiger partial charge in [-0.1, -0.05) is 41.0 Å². The maximum Gasteiger partial charge on any atom is 0.229 e. The molecule has 0 spiro atoms. The standard InChI is InChI=1S/C20H14Cl2FN3OS/c21-12-4-6-13(7-5-12)25-10-26-18(27)8-14(15(9-24)20(26)28-11-25)19-16(22)2-1-3-17(19)23/h1-7,14H,8,10-11H2. The van der Waals surface area contributed by atoms with Crippen LogP contribution in [0, 0.1) is 17.1 Å². The topological polar surface area (TPSA) is 47.3 Å². The van der Waals surface area contributed by atoms with Crippen molar-refractivity contribution in [1.82, 2.24) is 4.90 Å². The van der Waals surface area contributed by atoms with Gasteiger partial charge in [0.15, 0.2) is 0 Å². The Labute approximate surface area is 176 Å². The zero-order chi connectivity index (χ0) is 19.8. The van der Waals surface area contributed by atoms with Gasteiger partial charge in [-0.15, -0.1) is 0 Å². The van der Waals surface area contributed by atoms with E-state index in [4.69, 9.17) is 23.2 Å². The van der Waals surface area contributed by atoms with Crippen LogP contribution in [0.1, 0.15) is 17.9 Å². The molecular formula is C20H14Cl2FN3OS. The van der Waals surface area contributed by atoms with Crippen LogP contribution in [-0.2, 0) is 4.79 Å². The van der Waals surface area contributed by atoms with E-state index in [2.05, 4.69) is 6.07 Å². The fourth-order valence-corrected chi connectivity index (χ4v) is 5.06. The van der Waals surface area contributed by atoms with E-state index in [-0.39, 0.29) is 22.9 Å². The van der Waals surface area contributed by atoms with Gasteiger partial charge in [-0.05, 0) is 36.4 Å². The van der Waals surface area contributed by atoms with Crippen LogP contribution in [0.25, 0.3) is 0 Å². The largest absolute Gasteiger partial charge is 0.344 e. The molecule has 4 rings (SSSR count). The van der Waals surface area contributed by atoms with E-state index in [9.17, 15) is 14.4 Å². The molecule has 0 saturated carbocycles. The van der Waals surface area contributed by atoms with Crippen molar-refractivity contribution in [2.75, 3.05) is 17.4 Å². The number of nitrogens with zero attached hydrogens (tertiary/aromatic N) is 3. The fraction of sp³-hybridized carbons (Fsp3) is 0.200. The van der Waals surface area contributed by atoms with Gasteiger partial charge in [0.25, 0.3) is 0 Å². The average Bonchev–Trinajstić information content (AvgIpc) is 2.68.